The van der Waals surface area contributed by atoms with Crippen molar-refractivity contribution < 1.29 is 8.78 Å². The number of nitrogens with two attached hydrogens (primary N) is 1. The summed E-state index contributed by atoms with van der Waals surface area (Å²) in [5.41, 5.74) is 3.01. The zero-order chi connectivity index (χ0) is 14.0. The smallest absolute Gasteiger partial charge is 0.176 e. The SMILES string of the molecule is Cn1nnc(CC(NN)c2ccc(F)c(F)c2Br)n1. The molecule has 19 heavy (non-hydrogen) atoms. The maximum Gasteiger partial charge on any atom is 0.176 e. The fourth-order valence-electron chi connectivity index (χ4n) is 1.66. The van der Waals surface area contributed by atoms with Crippen LogP contribution in [-0.2, 0) is 13.5 Å². The maximum atomic E-state index is 13.5. The third-order valence-electron chi connectivity index (χ3n) is 2.58. The van der Waals surface area contributed by atoms with Gasteiger partial charge in [0.15, 0.2) is 17.5 Å². The normalized spacial score (nSPS) is 12.7. The van der Waals surface area contributed by atoms with Gasteiger partial charge in [-0.25, -0.2) is 8.78 Å². The molecule has 2 aromatic rings. The number of aryl methyl sites for hydroxylation is 1. The highest BCUT2D eigenvalue weighted by molar-refractivity contribution is 9.10. The predicted molar refractivity (Wildman–Crippen MR) is 66.6 cm³/mol. The first-order valence-corrected chi connectivity index (χ1v) is 6.14. The second-order valence-electron chi connectivity index (χ2n) is 3.88. The molecule has 1 unspecified atom stereocenters. The van der Waals surface area contributed by atoms with Crippen LogP contribution in [0.5, 0.6) is 0 Å². The van der Waals surface area contributed by atoms with Crippen molar-refractivity contribution in [2.24, 2.45) is 12.9 Å². The number of halogens is 3. The van der Waals surface area contributed by atoms with Crippen LogP contribution >= 0.6 is 15.9 Å². The Hall–Kier alpha value is -1.45. The van der Waals surface area contributed by atoms with Gasteiger partial charge in [0.25, 0.3) is 0 Å². The van der Waals surface area contributed by atoms with E-state index >= 15 is 0 Å². The first kappa shape index (κ1) is 14.0. The number of benzene rings is 1. The number of hydrogen-bond acceptors (Lipinski definition) is 5. The van der Waals surface area contributed by atoms with Gasteiger partial charge in [-0.2, -0.15) is 4.80 Å². The van der Waals surface area contributed by atoms with Gasteiger partial charge in [0, 0.05) is 6.42 Å². The van der Waals surface area contributed by atoms with Crippen LogP contribution in [0.15, 0.2) is 16.6 Å². The van der Waals surface area contributed by atoms with E-state index in [4.69, 9.17) is 5.84 Å². The van der Waals surface area contributed by atoms with Gasteiger partial charge in [-0.05, 0) is 32.8 Å². The zero-order valence-corrected chi connectivity index (χ0v) is 11.5. The summed E-state index contributed by atoms with van der Waals surface area (Å²) in [6, 6.07) is 2.03. The summed E-state index contributed by atoms with van der Waals surface area (Å²) in [6.07, 6.45) is 0.300. The number of rotatable bonds is 4. The highest BCUT2D eigenvalue weighted by Gasteiger charge is 2.20. The van der Waals surface area contributed by atoms with Crippen molar-refractivity contribution >= 4 is 15.9 Å². The lowest BCUT2D eigenvalue weighted by Gasteiger charge is -2.16. The summed E-state index contributed by atoms with van der Waals surface area (Å²) in [4.78, 5) is 1.31. The molecule has 3 N–H and O–H groups in total. The van der Waals surface area contributed by atoms with Crippen LogP contribution in [0.3, 0.4) is 0 Å². The number of aromatic nitrogens is 4. The molecular weight excluding hydrogens is 322 g/mol. The Bertz CT molecular complexity index is 587. The molecule has 0 amide bonds. The molecule has 1 aromatic heterocycles. The molecule has 0 aliphatic rings. The summed E-state index contributed by atoms with van der Waals surface area (Å²) in [7, 11) is 1.63. The number of nitrogens with zero attached hydrogens (tertiary/aromatic N) is 4. The largest absolute Gasteiger partial charge is 0.271 e. The molecule has 0 fully saturated rings. The number of nitrogens with one attached hydrogen (secondary N) is 1. The van der Waals surface area contributed by atoms with Crippen LogP contribution in [-0.4, -0.2) is 20.2 Å². The lowest BCUT2D eigenvalue weighted by atomic mass is 10.0. The fourth-order valence-corrected chi connectivity index (χ4v) is 2.25. The quantitative estimate of drug-likeness (QED) is 0.496. The van der Waals surface area contributed by atoms with Crippen molar-refractivity contribution in [3.8, 4) is 0 Å². The highest BCUT2D eigenvalue weighted by atomic mass is 79.9. The summed E-state index contributed by atoms with van der Waals surface area (Å²) < 4.78 is 26.6. The standard InChI is InChI=1S/C10H11BrF2N6/c1-19-17-8(16-18-19)4-7(15-14)5-2-3-6(12)10(13)9(5)11/h2-3,7,15H,4,14H2,1H3. The topological polar surface area (TPSA) is 81.7 Å². The molecule has 0 radical (unpaired) electrons. The van der Waals surface area contributed by atoms with Crippen molar-refractivity contribution in [1.82, 2.24) is 25.6 Å². The van der Waals surface area contributed by atoms with Crippen LogP contribution in [0.1, 0.15) is 17.4 Å². The van der Waals surface area contributed by atoms with Gasteiger partial charge in [-0.3, -0.25) is 11.3 Å². The van der Waals surface area contributed by atoms with E-state index < -0.39 is 17.7 Å². The average Bonchev–Trinajstić information content (AvgIpc) is 2.80. The Labute approximate surface area is 116 Å². The lowest BCUT2D eigenvalue weighted by Crippen LogP contribution is -2.30. The van der Waals surface area contributed by atoms with Gasteiger partial charge in [-0.15, -0.1) is 10.2 Å². The molecule has 0 aliphatic carbocycles. The van der Waals surface area contributed by atoms with E-state index in [1.165, 1.54) is 10.9 Å². The molecule has 102 valence electrons. The van der Waals surface area contributed by atoms with Gasteiger partial charge in [-0.1, -0.05) is 6.07 Å². The van der Waals surface area contributed by atoms with Crippen molar-refractivity contribution in [3.63, 3.8) is 0 Å². The Kier molecular flexibility index (Phi) is 4.17. The van der Waals surface area contributed by atoms with Crippen LogP contribution in [0.4, 0.5) is 8.78 Å². The molecule has 1 aromatic carbocycles. The Balaban J connectivity index is 2.29. The third kappa shape index (κ3) is 2.94. The van der Waals surface area contributed by atoms with Crippen molar-refractivity contribution in [3.05, 3.63) is 39.6 Å². The molecule has 2 rings (SSSR count). The minimum Gasteiger partial charge on any atom is -0.271 e. The van der Waals surface area contributed by atoms with Gasteiger partial charge < -0.3 is 0 Å². The Morgan fingerprint density at radius 2 is 2.21 bits per heavy atom. The van der Waals surface area contributed by atoms with Crippen LogP contribution in [0.2, 0.25) is 0 Å². The van der Waals surface area contributed by atoms with Crippen LogP contribution < -0.4 is 11.3 Å². The van der Waals surface area contributed by atoms with E-state index in [1.807, 2.05) is 0 Å². The first-order chi connectivity index (χ1) is 9.02. The summed E-state index contributed by atoms with van der Waals surface area (Å²) >= 11 is 3.02. The summed E-state index contributed by atoms with van der Waals surface area (Å²) in [5.74, 6) is 4.01. The molecule has 1 heterocycles. The molecule has 0 spiro atoms. The third-order valence-corrected chi connectivity index (χ3v) is 3.38. The van der Waals surface area contributed by atoms with Gasteiger partial charge in [0.2, 0.25) is 0 Å². The molecule has 1 atom stereocenters. The van der Waals surface area contributed by atoms with Crippen LogP contribution in [0.25, 0.3) is 0 Å². The van der Waals surface area contributed by atoms with Gasteiger partial charge in [0.1, 0.15) is 0 Å². The molecule has 0 aliphatic heterocycles. The number of tetrazole rings is 1. The van der Waals surface area contributed by atoms with E-state index in [0.29, 0.717) is 17.8 Å². The zero-order valence-electron chi connectivity index (χ0n) is 9.94. The summed E-state index contributed by atoms with van der Waals surface area (Å²) in [5, 5.41) is 11.5. The van der Waals surface area contributed by atoms with E-state index in [9.17, 15) is 8.78 Å². The second-order valence-corrected chi connectivity index (χ2v) is 4.68. The molecule has 0 bridgehead atoms. The maximum absolute atomic E-state index is 13.5. The Morgan fingerprint density at radius 1 is 1.47 bits per heavy atom. The highest BCUT2D eigenvalue weighted by Crippen LogP contribution is 2.28. The molecule has 0 saturated heterocycles. The monoisotopic (exact) mass is 332 g/mol. The van der Waals surface area contributed by atoms with E-state index in [1.54, 1.807) is 7.05 Å². The van der Waals surface area contributed by atoms with E-state index in [0.717, 1.165) is 6.07 Å². The van der Waals surface area contributed by atoms with Crippen molar-refractivity contribution in [2.45, 2.75) is 12.5 Å². The van der Waals surface area contributed by atoms with Gasteiger partial charge in [0.05, 0.1) is 17.6 Å². The molecule has 0 saturated carbocycles. The minimum absolute atomic E-state index is 0.0272. The molecule has 9 heteroatoms. The van der Waals surface area contributed by atoms with Crippen molar-refractivity contribution in [1.29, 1.82) is 0 Å². The fraction of sp³-hybridized carbons (Fsp3) is 0.300. The summed E-state index contributed by atoms with van der Waals surface area (Å²) in [6.45, 7) is 0. The van der Waals surface area contributed by atoms with Crippen LogP contribution in [0, 0.1) is 11.6 Å². The molecular formula is C10H11BrF2N6. The van der Waals surface area contributed by atoms with Crippen molar-refractivity contribution in [2.75, 3.05) is 0 Å². The first-order valence-electron chi connectivity index (χ1n) is 5.35. The predicted octanol–water partition coefficient (Wildman–Crippen LogP) is 0.998. The van der Waals surface area contributed by atoms with Gasteiger partial charge >= 0.3 is 0 Å². The number of hydrazine groups is 1. The average molecular weight is 333 g/mol. The second kappa shape index (κ2) is 5.68. The van der Waals surface area contributed by atoms with E-state index in [2.05, 4.69) is 36.8 Å². The minimum atomic E-state index is -0.954. The van der Waals surface area contributed by atoms with E-state index in [-0.39, 0.29) is 4.47 Å². The Morgan fingerprint density at radius 3 is 2.79 bits per heavy atom. The molecule has 6 nitrogen and oxygen atoms in total. The number of hydrogen-bond donors (Lipinski definition) is 2. The lowest BCUT2D eigenvalue weighted by molar-refractivity contribution is 0.488.